The Balaban J connectivity index is 1.78. The molecule has 20 heavy (non-hydrogen) atoms. The quantitative estimate of drug-likeness (QED) is 0.891. The predicted molar refractivity (Wildman–Crippen MR) is 72.7 cm³/mol. The number of hydrogen-bond acceptors (Lipinski definition) is 5. The van der Waals surface area contributed by atoms with E-state index in [1.807, 2.05) is 0 Å². The number of aromatic nitrogens is 1. The van der Waals surface area contributed by atoms with Crippen molar-refractivity contribution in [3.05, 3.63) is 23.8 Å². The molecule has 1 amide bonds. The molecule has 1 atom stereocenters. The number of fused-ring (bicyclic) bond motifs is 1. The number of benzene rings is 1. The third-order valence-electron chi connectivity index (χ3n) is 4.36. The normalized spacial score (nSPS) is 25.3. The Bertz CT molecular complexity index is 688. The highest BCUT2D eigenvalue weighted by Gasteiger charge is 2.49. The van der Waals surface area contributed by atoms with Gasteiger partial charge in [-0.05, 0) is 25.0 Å². The molecule has 0 radical (unpaired) electrons. The summed E-state index contributed by atoms with van der Waals surface area (Å²) in [7, 11) is 0. The zero-order valence-electron chi connectivity index (χ0n) is 11.0. The fourth-order valence-corrected chi connectivity index (χ4v) is 3.10. The number of anilines is 1. The van der Waals surface area contributed by atoms with E-state index in [1.54, 1.807) is 18.2 Å². The summed E-state index contributed by atoms with van der Waals surface area (Å²) in [5.41, 5.74) is 6.94. The van der Waals surface area contributed by atoms with Crippen LogP contribution in [0.4, 0.5) is 6.01 Å². The van der Waals surface area contributed by atoms with Gasteiger partial charge in [0.05, 0.1) is 17.7 Å². The van der Waals surface area contributed by atoms with Gasteiger partial charge in [0.25, 0.3) is 11.9 Å². The van der Waals surface area contributed by atoms with Crippen molar-refractivity contribution < 1.29 is 13.9 Å². The lowest BCUT2D eigenvalue weighted by Gasteiger charge is -2.48. The SMILES string of the molecule is NC(=O)c1cccc2oc(N3CCC34CCOC4)nc12. The third kappa shape index (κ3) is 1.48. The van der Waals surface area contributed by atoms with E-state index < -0.39 is 5.91 Å². The summed E-state index contributed by atoms with van der Waals surface area (Å²) in [4.78, 5) is 18.1. The summed E-state index contributed by atoms with van der Waals surface area (Å²) in [5.74, 6) is -0.488. The Labute approximate surface area is 115 Å². The highest BCUT2D eigenvalue weighted by Crippen LogP contribution is 2.42. The average molecular weight is 273 g/mol. The number of nitrogens with zero attached hydrogens (tertiary/aromatic N) is 2. The summed E-state index contributed by atoms with van der Waals surface area (Å²) < 4.78 is 11.3. The molecule has 2 N–H and O–H groups in total. The minimum Gasteiger partial charge on any atom is -0.423 e. The molecule has 2 fully saturated rings. The smallest absolute Gasteiger partial charge is 0.298 e. The first-order chi connectivity index (χ1) is 9.70. The summed E-state index contributed by atoms with van der Waals surface area (Å²) in [5, 5.41) is 0. The molecule has 2 saturated heterocycles. The second-order valence-corrected chi connectivity index (χ2v) is 5.44. The standard InChI is InChI=1S/C14H15N3O3/c15-12(18)9-2-1-3-10-11(9)16-13(20-10)17-6-4-14(17)5-7-19-8-14/h1-3H,4-8H2,(H2,15,18). The summed E-state index contributed by atoms with van der Waals surface area (Å²) in [6, 6.07) is 5.78. The molecule has 2 aromatic rings. The van der Waals surface area contributed by atoms with Crippen LogP contribution >= 0.6 is 0 Å². The van der Waals surface area contributed by atoms with E-state index >= 15 is 0 Å². The summed E-state index contributed by atoms with van der Waals surface area (Å²) in [6.07, 6.45) is 2.09. The topological polar surface area (TPSA) is 81.6 Å². The molecule has 6 nitrogen and oxygen atoms in total. The molecule has 0 saturated carbocycles. The van der Waals surface area contributed by atoms with Gasteiger partial charge in [-0.2, -0.15) is 4.98 Å². The van der Waals surface area contributed by atoms with Gasteiger partial charge >= 0.3 is 0 Å². The van der Waals surface area contributed by atoms with Crippen LogP contribution in [-0.4, -0.2) is 36.2 Å². The van der Waals surface area contributed by atoms with Gasteiger partial charge in [-0.1, -0.05) is 6.07 Å². The van der Waals surface area contributed by atoms with Crippen LogP contribution in [-0.2, 0) is 4.74 Å². The number of carbonyl (C=O) groups excluding carboxylic acids is 1. The van der Waals surface area contributed by atoms with Crippen molar-refractivity contribution in [2.45, 2.75) is 18.4 Å². The summed E-state index contributed by atoms with van der Waals surface area (Å²) in [6.45, 7) is 2.40. The number of carbonyl (C=O) groups is 1. The van der Waals surface area contributed by atoms with Gasteiger partial charge in [0.15, 0.2) is 5.58 Å². The van der Waals surface area contributed by atoms with Gasteiger partial charge < -0.3 is 19.8 Å². The van der Waals surface area contributed by atoms with Crippen LogP contribution in [0.15, 0.2) is 22.6 Å². The highest BCUT2D eigenvalue weighted by atomic mass is 16.5. The average Bonchev–Trinajstić information content (AvgIpc) is 3.04. The fraction of sp³-hybridized carbons (Fsp3) is 0.429. The Hall–Kier alpha value is -2.08. The Morgan fingerprint density at radius 2 is 2.30 bits per heavy atom. The first kappa shape index (κ1) is 11.7. The van der Waals surface area contributed by atoms with Gasteiger partial charge in [0.1, 0.15) is 5.52 Å². The van der Waals surface area contributed by atoms with Crippen molar-refractivity contribution in [1.29, 1.82) is 0 Å². The molecule has 3 heterocycles. The second-order valence-electron chi connectivity index (χ2n) is 5.44. The Morgan fingerprint density at radius 1 is 1.40 bits per heavy atom. The first-order valence-corrected chi connectivity index (χ1v) is 6.74. The number of amides is 1. The zero-order valence-corrected chi connectivity index (χ0v) is 11.0. The van der Waals surface area contributed by atoms with Crippen molar-refractivity contribution in [3.8, 4) is 0 Å². The molecule has 1 spiro atoms. The molecule has 0 aliphatic carbocycles. The van der Waals surface area contributed by atoms with E-state index in [0.29, 0.717) is 29.3 Å². The molecule has 2 aliphatic rings. The molecule has 1 unspecified atom stereocenters. The van der Waals surface area contributed by atoms with Crippen molar-refractivity contribution in [2.75, 3.05) is 24.7 Å². The van der Waals surface area contributed by atoms with Crippen LogP contribution in [0.1, 0.15) is 23.2 Å². The fourth-order valence-electron chi connectivity index (χ4n) is 3.10. The Kier molecular flexibility index (Phi) is 2.32. The highest BCUT2D eigenvalue weighted by molar-refractivity contribution is 6.03. The number of para-hydroxylation sites is 1. The number of rotatable bonds is 2. The van der Waals surface area contributed by atoms with Crippen LogP contribution in [0.25, 0.3) is 11.1 Å². The van der Waals surface area contributed by atoms with Gasteiger partial charge in [-0.15, -0.1) is 0 Å². The maximum Gasteiger partial charge on any atom is 0.298 e. The van der Waals surface area contributed by atoms with E-state index in [1.165, 1.54) is 0 Å². The Morgan fingerprint density at radius 3 is 2.95 bits per heavy atom. The van der Waals surface area contributed by atoms with E-state index in [4.69, 9.17) is 14.9 Å². The number of ether oxygens (including phenoxy) is 1. The molecular weight excluding hydrogens is 258 g/mol. The van der Waals surface area contributed by atoms with Gasteiger partial charge in [0, 0.05) is 13.2 Å². The minimum atomic E-state index is -0.488. The molecule has 1 aromatic heterocycles. The van der Waals surface area contributed by atoms with E-state index in [9.17, 15) is 4.79 Å². The third-order valence-corrected chi connectivity index (χ3v) is 4.36. The lowest BCUT2D eigenvalue weighted by molar-refractivity contribution is 0.100. The van der Waals surface area contributed by atoms with E-state index in [-0.39, 0.29) is 5.54 Å². The largest absolute Gasteiger partial charge is 0.423 e. The van der Waals surface area contributed by atoms with Gasteiger partial charge in [-0.25, -0.2) is 0 Å². The number of primary amides is 1. The molecular formula is C14H15N3O3. The monoisotopic (exact) mass is 273 g/mol. The van der Waals surface area contributed by atoms with Crippen LogP contribution in [0.5, 0.6) is 0 Å². The molecule has 1 aromatic carbocycles. The van der Waals surface area contributed by atoms with E-state index in [2.05, 4.69) is 9.88 Å². The van der Waals surface area contributed by atoms with Gasteiger partial charge in [0.2, 0.25) is 0 Å². The molecule has 6 heteroatoms. The van der Waals surface area contributed by atoms with Crippen LogP contribution in [0.3, 0.4) is 0 Å². The number of nitrogens with two attached hydrogens (primary N) is 1. The van der Waals surface area contributed by atoms with Crippen molar-refractivity contribution in [3.63, 3.8) is 0 Å². The van der Waals surface area contributed by atoms with Crippen LogP contribution < -0.4 is 10.6 Å². The summed E-state index contributed by atoms with van der Waals surface area (Å²) >= 11 is 0. The molecule has 2 aliphatic heterocycles. The second kappa shape index (κ2) is 3.96. The lowest BCUT2D eigenvalue weighted by Crippen LogP contribution is -2.61. The molecule has 0 bridgehead atoms. The maximum atomic E-state index is 11.4. The van der Waals surface area contributed by atoms with Crippen molar-refractivity contribution in [2.24, 2.45) is 5.73 Å². The number of hydrogen-bond donors (Lipinski definition) is 1. The van der Waals surface area contributed by atoms with Gasteiger partial charge in [-0.3, -0.25) is 4.79 Å². The molecule has 4 rings (SSSR count). The maximum absolute atomic E-state index is 11.4. The predicted octanol–water partition coefficient (Wildman–Crippen LogP) is 1.30. The number of oxazole rings is 1. The van der Waals surface area contributed by atoms with Crippen LogP contribution in [0, 0.1) is 0 Å². The van der Waals surface area contributed by atoms with E-state index in [0.717, 1.165) is 26.0 Å². The van der Waals surface area contributed by atoms with Crippen LogP contribution in [0.2, 0.25) is 0 Å². The zero-order chi connectivity index (χ0) is 13.7. The lowest BCUT2D eigenvalue weighted by atomic mass is 9.84. The van der Waals surface area contributed by atoms with Crippen molar-refractivity contribution in [1.82, 2.24) is 4.98 Å². The first-order valence-electron chi connectivity index (χ1n) is 6.74. The van der Waals surface area contributed by atoms with Crippen molar-refractivity contribution >= 4 is 23.0 Å². The minimum absolute atomic E-state index is 0.0355. The molecule has 104 valence electrons.